The molecule has 0 saturated heterocycles. The molecule has 2 nitrogen and oxygen atoms in total. The molecule has 2 atom stereocenters. The molecule has 0 aromatic rings. The predicted molar refractivity (Wildman–Crippen MR) is 61.9 cm³/mol. The Morgan fingerprint density at radius 3 is 2.44 bits per heavy atom. The van der Waals surface area contributed by atoms with Crippen LogP contribution in [0.25, 0.3) is 0 Å². The van der Waals surface area contributed by atoms with Gasteiger partial charge in [0.05, 0.1) is 18.4 Å². The van der Waals surface area contributed by atoms with E-state index in [4.69, 9.17) is 4.74 Å². The van der Waals surface area contributed by atoms with Gasteiger partial charge in [-0.05, 0) is 25.2 Å². The summed E-state index contributed by atoms with van der Waals surface area (Å²) in [5, 5.41) is 0. The maximum absolute atomic E-state index is 12.8. The van der Waals surface area contributed by atoms with Crippen molar-refractivity contribution in [3.8, 4) is 0 Å². The maximum Gasteiger partial charge on any atom is 0.392 e. The lowest BCUT2D eigenvalue weighted by Crippen LogP contribution is -2.38. The van der Waals surface area contributed by atoms with Crippen molar-refractivity contribution in [1.82, 2.24) is 0 Å². The molecular weight excluding hydrogens is 245 g/mol. The largest absolute Gasteiger partial charge is 0.465 e. The van der Waals surface area contributed by atoms with Gasteiger partial charge in [-0.3, -0.25) is 4.79 Å². The van der Waals surface area contributed by atoms with Crippen molar-refractivity contribution >= 4 is 5.97 Å². The van der Waals surface area contributed by atoms with Crippen LogP contribution in [-0.4, -0.2) is 18.8 Å². The molecule has 0 aromatic carbocycles. The Kier molecular flexibility index (Phi) is 5.47. The lowest BCUT2D eigenvalue weighted by molar-refractivity contribution is -0.205. The quantitative estimate of drug-likeness (QED) is 0.720. The molecule has 0 bridgehead atoms. The monoisotopic (exact) mass is 266 g/mol. The fraction of sp³-hybridized carbons (Fsp3) is 0.923. The molecule has 0 aliphatic heterocycles. The number of ether oxygens (including phenoxy) is 1. The first-order valence-electron chi connectivity index (χ1n) is 6.55. The smallest absolute Gasteiger partial charge is 0.392 e. The Bertz CT molecular complexity index is 274. The highest BCUT2D eigenvalue weighted by atomic mass is 19.4. The molecule has 0 radical (unpaired) electrons. The first-order valence-corrected chi connectivity index (χ1v) is 6.55. The third-order valence-corrected chi connectivity index (χ3v) is 3.43. The van der Waals surface area contributed by atoms with Gasteiger partial charge in [0, 0.05) is 0 Å². The lowest BCUT2D eigenvalue weighted by Gasteiger charge is -2.31. The van der Waals surface area contributed by atoms with E-state index in [9.17, 15) is 18.0 Å². The molecule has 1 aliphatic rings. The Labute approximate surface area is 106 Å². The number of rotatable bonds is 4. The molecule has 106 valence electrons. The van der Waals surface area contributed by atoms with Crippen LogP contribution in [0.15, 0.2) is 0 Å². The van der Waals surface area contributed by atoms with Crippen molar-refractivity contribution in [3.63, 3.8) is 0 Å². The lowest BCUT2D eigenvalue weighted by atomic mass is 9.79. The van der Waals surface area contributed by atoms with Gasteiger partial charge in [0.15, 0.2) is 0 Å². The molecule has 1 fully saturated rings. The van der Waals surface area contributed by atoms with E-state index in [1.165, 1.54) is 0 Å². The second-order valence-electron chi connectivity index (χ2n) is 5.39. The third-order valence-electron chi connectivity index (χ3n) is 3.43. The maximum atomic E-state index is 12.8. The summed E-state index contributed by atoms with van der Waals surface area (Å²) in [6.07, 6.45) is -2.04. The van der Waals surface area contributed by atoms with Crippen LogP contribution in [-0.2, 0) is 9.53 Å². The second-order valence-corrected chi connectivity index (χ2v) is 5.39. The summed E-state index contributed by atoms with van der Waals surface area (Å²) < 4.78 is 43.4. The van der Waals surface area contributed by atoms with Gasteiger partial charge in [0.25, 0.3) is 0 Å². The molecule has 5 heteroatoms. The van der Waals surface area contributed by atoms with Crippen LogP contribution < -0.4 is 0 Å². The van der Waals surface area contributed by atoms with E-state index >= 15 is 0 Å². The zero-order valence-electron chi connectivity index (χ0n) is 10.9. The highest BCUT2D eigenvalue weighted by Gasteiger charge is 2.48. The van der Waals surface area contributed by atoms with Crippen LogP contribution in [0.2, 0.25) is 0 Å². The van der Waals surface area contributed by atoms with Crippen LogP contribution in [0.5, 0.6) is 0 Å². The number of carbonyl (C=O) groups is 1. The summed E-state index contributed by atoms with van der Waals surface area (Å²) in [6.45, 7) is 4.18. The fourth-order valence-corrected chi connectivity index (χ4v) is 2.31. The van der Waals surface area contributed by atoms with Crippen LogP contribution in [0, 0.1) is 17.8 Å². The number of carbonyl (C=O) groups excluding carboxylic acids is 1. The summed E-state index contributed by atoms with van der Waals surface area (Å²) in [5.74, 6) is -2.80. The van der Waals surface area contributed by atoms with Gasteiger partial charge in [-0.1, -0.05) is 26.7 Å². The predicted octanol–water partition coefficient (Wildman–Crippen LogP) is 3.94. The fourth-order valence-electron chi connectivity index (χ4n) is 2.31. The van der Waals surface area contributed by atoms with E-state index in [-0.39, 0.29) is 13.0 Å². The Morgan fingerprint density at radius 1 is 1.28 bits per heavy atom. The number of esters is 1. The third kappa shape index (κ3) is 4.50. The molecule has 0 amide bonds. The molecular formula is C13H21F3O2. The van der Waals surface area contributed by atoms with Crippen LogP contribution in [0.4, 0.5) is 13.2 Å². The van der Waals surface area contributed by atoms with E-state index in [0.29, 0.717) is 31.6 Å². The second kappa shape index (κ2) is 6.43. The van der Waals surface area contributed by atoms with Gasteiger partial charge in [-0.15, -0.1) is 0 Å². The van der Waals surface area contributed by atoms with Gasteiger partial charge >= 0.3 is 12.1 Å². The van der Waals surface area contributed by atoms with Crippen molar-refractivity contribution in [2.75, 3.05) is 6.61 Å². The summed E-state index contributed by atoms with van der Waals surface area (Å²) in [5.41, 5.74) is 0. The van der Waals surface area contributed by atoms with E-state index in [2.05, 4.69) is 0 Å². The SMILES string of the molecule is CC(C)CCOC(=O)C1CCCCC1C(F)(F)F. The molecule has 1 saturated carbocycles. The summed E-state index contributed by atoms with van der Waals surface area (Å²) in [7, 11) is 0. The number of alkyl halides is 3. The first kappa shape index (κ1) is 15.3. The average Bonchev–Trinajstić information content (AvgIpc) is 2.27. The molecule has 0 N–H and O–H groups in total. The zero-order valence-corrected chi connectivity index (χ0v) is 10.9. The highest BCUT2D eigenvalue weighted by Crippen LogP contribution is 2.41. The first-order chi connectivity index (χ1) is 8.32. The molecule has 1 aliphatic carbocycles. The van der Waals surface area contributed by atoms with Crippen molar-refractivity contribution < 1.29 is 22.7 Å². The van der Waals surface area contributed by atoms with Gasteiger partial charge in [-0.2, -0.15) is 13.2 Å². The van der Waals surface area contributed by atoms with Crippen molar-refractivity contribution in [3.05, 3.63) is 0 Å². The van der Waals surface area contributed by atoms with Gasteiger partial charge < -0.3 is 4.74 Å². The van der Waals surface area contributed by atoms with E-state index in [1.807, 2.05) is 13.8 Å². The summed E-state index contributed by atoms with van der Waals surface area (Å²) >= 11 is 0. The van der Waals surface area contributed by atoms with E-state index in [0.717, 1.165) is 0 Å². The molecule has 0 aromatic heterocycles. The molecule has 0 heterocycles. The number of halogens is 3. The summed E-state index contributed by atoms with van der Waals surface area (Å²) in [6, 6.07) is 0. The van der Waals surface area contributed by atoms with Crippen molar-refractivity contribution in [2.24, 2.45) is 17.8 Å². The Morgan fingerprint density at radius 2 is 1.89 bits per heavy atom. The summed E-state index contributed by atoms with van der Waals surface area (Å²) in [4.78, 5) is 11.7. The highest BCUT2D eigenvalue weighted by molar-refractivity contribution is 5.73. The minimum atomic E-state index is -4.29. The average molecular weight is 266 g/mol. The van der Waals surface area contributed by atoms with Crippen LogP contribution in [0.1, 0.15) is 46.0 Å². The van der Waals surface area contributed by atoms with E-state index < -0.39 is 24.0 Å². The Hall–Kier alpha value is -0.740. The van der Waals surface area contributed by atoms with Gasteiger partial charge in [-0.25, -0.2) is 0 Å². The minimum Gasteiger partial charge on any atom is -0.465 e. The van der Waals surface area contributed by atoms with E-state index in [1.54, 1.807) is 0 Å². The normalized spacial score (nSPS) is 25.2. The molecule has 1 rings (SSSR count). The Balaban J connectivity index is 2.52. The van der Waals surface area contributed by atoms with Gasteiger partial charge in [0.1, 0.15) is 0 Å². The van der Waals surface area contributed by atoms with Crippen LogP contribution >= 0.6 is 0 Å². The molecule has 18 heavy (non-hydrogen) atoms. The van der Waals surface area contributed by atoms with Gasteiger partial charge in [0.2, 0.25) is 0 Å². The number of hydrogen-bond acceptors (Lipinski definition) is 2. The number of hydrogen-bond donors (Lipinski definition) is 0. The zero-order chi connectivity index (χ0) is 13.8. The molecule has 0 spiro atoms. The van der Waals surface area contributed by atoms with Crippen molar-refractivity contribution in [1.29, 1.82) is 0 Å². The van der Waals surface area contributed by atoms with Crippen molar-refractivity contribution in [2.45, 2.75) is 52.1 Å². The molecule has 2 unspecified atom stereocenters. The minimum absolute atomic E-state index is 0.0491. The van der Waals surface area contributed by atoms with Crippen LogP contribution in [0.3, 0.4) is 0 Å². The standard InChI is InChI=1S/C13H21F3O2/c1-9(2)7-8-18-12(17)10-5-3-4-6-11(10)13(14,15)16/h9-11H,3-8H2,1-2H3. The topological polar surface area (TPSA) is 26.3 Å².